The number of hydrogen-bond donors (Lipinski definition) is 0. The molecule has 1 radical (unpaired) electrons. The van der Waals surface area contributed by atoms with Gasteiger partial charge in [-0.25, -0.2) is 0 Å². The molecular formula is C14H13O. The largest absolute Gasteiger partial charge is 0.493 e. The predicted molar refractivity (Wildman–Crippen MR) is 61.8 cm³/mol. The van der Waals surface area contributed by atoms with Crippen molar-refractivity contribution < 1.29 is 4.74 Å². The van der Waals surface area contributed by atoms with Crippen LogP contribution in [0, 0.1) is 6.42 Å². The molecule has 0 amide bonds. The Labute approximate surface area is 90.3 Å². The number of para-hydroxylation sites is 1. The molecule has 0 bridgehead atoms. The van der Waals surface area contributed by atoms with Crippen LogP contribution in [0.15, 0.2) is 60.7 Å². The summed E-state index contributed by atoms with van der Waals surface area (Å²) in [6, 6.07) is 20.0. The van der Waals surface area contributed by atoms with Crippen LogP contribution in [0.5, 0.6) is 5.75 Å². The molecule has 0 aliphatic carbocycles. The van der Waals surface area contributed by atoms with Crippen molar-refractivity contribution in [3.8, 4) is 5.75 Å². The molecule has 75 valence electrons. The van der Waals surface area contributed by atoms with Gasteiger partial charge < -0.3 is 4.74 Å². The highest BCUT2D eigenvalue weighted by molar-refractivity contribution is 5.24. The second kappa shape index (κ2) is 5.20. The molecule has 2 aromatic carbocycles. The molecule has 0 saturated carbocycles. The van der Waals surface area contributed by atoms with Crippen molar-refractivity contribution in [3.63, 3.8) is 0 Å². The van der Waals surface area contributed by atoms with Crippen molar-refractivity contribution in [2.24, 2.45) is 0 Å². The second-order valence-corrected chi connectivity index (χ2v) is 3.24. The van der Waals surface area contributed by atoms with Gasteiger partial charge in [-0.1, -0.05) is 48.5 Å². The van der Waals surface area contributed by atoms with Crippen molar-refractivity contribution in [1.29, 1.82) is 0 Å². The molecule has 2 rings (SSSR count). The minimum Gasteiger partial charge on any atom is -0.493 e. The summed E-state index contributed by atoms with van der Waals surface area (Å²) < 4.78 is 5.55. The summed E-state index contributed by atoms with van der Waals surface area (Å²) in [6.07, 6.45) is 2.06. The van der Waals surface area contributed by atoms with Gasteiger partial charge >= 0.3 is 0 Å². The Morgan fingerprint density at radius 1 is 0.800 bits per heavy atom. The lowest BCUT2D eigenvalue weighted by molar-refractivity contribution is 0.352. The molecule has 0 spiro atoms. The maximum atomic E-state index is 5.55. The highest BCUT2D eigenvalue weighted by atomic mass is 16.5. The van der Waals surface area contributed by atoms with E-state index in [9.17, 15) is 0 Å². The van der Waals surface area contributed by atoms with Crippen molar-refractivity contribution >= 4 is 0 Å². The first-order valence-corrected chi connectivity index (χ1v) is 5.01. The SMILES string of the molecule is [CH](COc1ccccc1)c1ccccc1. The van der Waals surface area contributed by atoms with E-state index in [1.807, 2.05) is 48.5 Å². The molecule has 0 aliphatic heterocycles. The molecule has 0 fully saturated rings. The van der Waals surface area contributed by atoms with E-state index in [1.165, 1.54) is 5.56 Å². The number of rotatable bonds is 4. The fourth-order valence-electron chi connectivity index (χ4n) is 1.34. The van der Waals surface area contributed by atoms with Crippen LogP contribution in [0.3, 0.4) is 0 Å². The van der Waals surface area contributed by atoms with E-state index < -0.39 is 0 Å². The van der Waals surface area contributed by atoms with Crippen LogP contribution >= 0.6 is 0 Å². The Bertz CT molecular complexity index is 341. The summed E-state index contributed by atoms with van der Waals surface area (Å²) in [5, 5.41) is 0. The molecule has 0 unspecified atom stereocenters. The number of hydrogen-bond acceptors (Lipinski definition) is 1. The standard InChI is InChI=1S/C14H13O/c1-3-7-13(8-4-1)11-12-15-14-9-5-2-6-10-14/h1-11H,12H2. The fourth-order valence-corrected chi connectivity index (χ4v) is 1.34. The lowest BCUT2D eigenvalue weighted by Crippen LogP contribution is -1.98. The van der Waals surface area contributed by atoms with Gasteiger partial charge in [0.05, 0.1) is 6.61 Å². The Hall–Kier alpha value is -1.76. The minimum atomic E-state index is 0.605. The van der Waals surface area contributed by atoms with E-state index in [0.29, 0.717) is 6.61 Å². The van der Waals surface area contributed by atoms with Crippen LogP contribution in [-0.4, -0.2) is 6.61 Å². The van der Waals surface area contributed by atoms with Crippen LogP contribution in [0.1, 0.15) is 5.56 Å². The Morgan fingerprint density at radius 3 is 2.07 bits per heavy atom. The minimum absolute atomic E-state index is 0.605. The summed E-state index contributed by atoms with van der Waals surface area (Å²) in [6.45, 7) is 0.605. The van der Waals surface area contributed by atoms with Crippen LogP contribution in [-0.2, 0) is 0 Å². The number of ether oxygens (including phenoxy) is 1. The third-order valence-electron chi connectivity index (χ3n) is 2.11. The average Bonchev–Trinajstić information content (AvgIpc) is 2.32. The van der Waals surface area contributed by atoms with Gasteiger partial charge in [-0.15, -0.1) is 0 Å². The van der Waals surface area contributed by atoms with Gasteiger partial charge in [-0.3, -0.25) is 0 Å². The molecule has 2 aromatic rings. The summed E-state index contributed by atoms with van der Waals surface area (Å²) >= 11 is 0. The van der Waals surface area contributed by atoms with Gasteiger partial charge in [-0.05, 0) is 17.7 Å². The Kier molecular flexibility index (Phi) is 3.39. The van der Waals surface area contributed by atoms with Gasteiger partial charge in [0.2, 0.25) is 0 Å². The summed E-state index contributed by atoms with van der Waals surface area (Å²) in [7, 11) is 0. The van der Waals surface area contributed by atoms with E-state index in [0.717, 1.165) is 5.75 Å². The monoisotopic (exact) mass is 197 g/mol. The lowest BCUT2D eigenvalue weighted by Gasteiger charge is -2.05. The normalized spacial score (nSPS) is 9.87. The van der Waals surface area contributed by atoms with E-state index in [2.05, 4.69) is 18.6 Å². The van der Waals surface area contributed by atoms with E-state index in [4.69, 9.17) is 4.74 Å². The molecule has 0 heterocycles. The van der Waals surface area contributed by atoms with Gasteiger partial charge in [0.1, 0.15) is 5.75 Å². The van der Waals surface area contributed by atoms with Crippen LogP contribution in [0.2, 0.25) is 0 Å². The molecule has 15 heavy (non-hydrogen) atoms. The zero-order chi connectivity index (χ0) is 10.3. The van der Waals surface area contributed by atoms with Crippen molar-refractivity contribution in [2.45, 2.75) is 0 Å². The fraction of sp³-hybridized carbons (Fsp3) is 0.0714. The van der Waals surface area contributed by atoms with Gasteiger partial charge in [0.15, 0.2) is 0 Å². The Morgan fingerprint density at radius 2 is 1.40 bits per heavy atom. The van der Waals surface area contributed by atoms with Crippen LogP contribution < -0.4 is 4.74 Å². The molecule has 0 N–H and O–H groups in total. The first-order valence-electron chi connectivity index (χ1n) is 5.01. The summed E-state index contributed by atoms with van der Waals surface area (Å²) in [5.41, 5.74) is 1.19. The zero-order valence-corrected chi connectivity index (χ0v) is 8.47. The van der Waals surface area contributed by atoms with Crippen molar-refractivity contribution in [3.05, 3.63) is 72.6 Å². The van der Waals surface area contributed by atoms with E-state index in [1.54, 1.807) is 0 Å². The molecule has 0 aromatic heterocycles. The molecule has 0 saturated heterocycles. The molecule has 1 nitrogen and oxygen atoms in total. The van der Waals surface area contributed by atoms with Crippen molar-refractivity contribution in [1.82, 2.24) is 0 Å². The average molecular weight is 197 g/mol. The smallest absolute Gasteiger partial charge is 0.119 e. The summed E-state index contributed by atoms with van der Waals surface area (Å²) in [4.78, 5) is 0. The zero-order valence-electron chi connectivity index (χ0n) is 8.47. The summed E-state index contributed by atoms with van der Waals surface area (Å²) in [5.74, 6) is 0.907. The van der Waals surface area contributed by atoms with Gasteiger partial charge in [-0.2, -0.15) is 0 Å². The molecule has 1 heteroatoms. The van der Waals surface area contributed by atoms with Crippen LogP contribution in [0.4, 0.5) is 0 Å². The first kappa shape index (κ1) is 9.78. The van der Waals surface area contributed by atoms with Crippen molar-refractivity contribution in [2.75, 3.05) is 6.61 Å². The maximum absolute atomic E-state index is 5.55. The maximum Gasteiger partial charge on any atom is 0.119 e. The Balaban J connectivity index is 1.81. The second-order valence-electron chi connectivity index (χ2n) is 3.24. The predicted octanol–water partition coefficient (Wildman–Crippen LogP) is 3.32. The van der Waals surface area contributed by atoms with Gasteiger partial charge in [0, 0.05) is 6.42 Å². The van der Waals surface area contributed by atoms with E-state index in [-0.39, 0.29) is 0 Å². The quantitative estimate of drug-likeness (QED) is 0.730. The van der Waals surface area contributed by atoms with E-state index >= 15 is 0 Å². The van der Waals surface area contributed by atoms with Gasteiger partial charge in [0.25, 0.3) is 0 Å². The molecule has 0 atom stereocenters. The topological polar surface area (TPSA) is 9.23 Å². The lowest BCUT2D eigenvalue weighted by atomic mass is 10.2. The first-order chi connectivity index (χ1) is 7.45. The molecular weight excluding hydrogens is 184 g/mol. The third kappa shape index (κ3) is 3.13. The highest BCUT2D eigenvalue weighted by Crippen LogP contribution is 2.09. The third-order valence-corrected chi connectivity index (χ3v) is 2.11. The molecule has 0 aliphatic rings. The highest BCUT2D eigenvalue weighted by Gasteiger charge is 1.93. The van der Waals surface area contributed by atoms with Crippen LogP contribution in [0.25, 0.3) is 0 Å². The number of benzene rings is 2.